The van der Waals surface area contributed by atoms with Crippen molar-refractivity contribution in [1.82, 2.24) is 14.7 Å². The number of carbonyl (C=O) groups is 2. The number of likely N-dealkylation sites (tertiary alicyclic amines) is 1. The average Bonchev–Trinajstić information content (AvgIpc) is 2.85. The molecule has 0 unspecified atom stereocenters. The summed E-state index contributed by atoms with van der Waals surface area (Å²) in [5.74, 6) is -1.14. The van der Waals surface area contributed by atoms with Crippen LogP contribution in [0, 0.1) is 17.3 Å². The minimum Gasteiger partial charge on any atom is -0.463 e. The van der Waals surface area contributed by atoms with Gasteiger partial charge >= 0.3 is 5.97 Å². The lowest BCUT2D eigenvalue weighted by atomic mass is 9.75. The summed E-state index contributed by atoms with van der Waals surface area (Å²) < 4.78 is 24.6. The molecule has 3 aliphatic rings. The van der Waals surface area contributed by atoms with Crippen LogP contribution in [-0.2, 0) is 28.5 Å². The first-order valence-electron chi connectivity index (χ1n) is 14.4. The van der Waals surface area contributed by atoms with Crippen molar-refractivity contribution in [1.29, 1.82) is 0 Å². The van der Waals surface area contributed by atoms with Gasteiger partial charge in [-0.2, -0.15) is 0 Å². The normalized spacial score (nSPS) is 40.4. The molecule has 39 heavy (non-hydrogen) atoms. The lowest BCUT2D eigenvalue weighted by molar-refractivity contribution is -0.295. The van der Waals surface area contributed by atoms with Crippen molar-refractivity contribution >= 4 is 11.8 Å². The number of ether oxygens (including phenoxy) is 4. The summed E-state index contributed by atoms with van der Waals surface area (Å²) in [5, 5.41) is 11.2. The molecule has 3 fully saturated rings. The molecule has 0 aromatic heterocycles. The van der Waals surface area contributed by atoms with Crippen molar-refractivity contribution in [3.05, 3.63) is 0 Å². The monoisotopic (exact) mass is 555 g/mol. The number of esters is 1. The van der Waals surface area contributed by atoms with Crippen LogP contribution in [0.5, 0.6) is 0 Å². The van der Waals surface area contributed by atoms with E-state index >= 15 is 0 Å². The smallest absolute Gasteiger partial charge is 0.319 e. The van der Waals surface area contributed by atoms with E-state index in [1.54, 1.807) is 27.9 Å². The topological polar surface area (TPSA) is 101 Å². The summed E-state index contributed by atoms with van der Waals surface area (Å²) in [6, 6.07) is -0.0822. The molecule has 3 heterocycles. The molecule has 226 valence electrons. The van der Waals surface area contributed by atoms with Crippen LogP contribution in [0.4, 0.5) is 0 Å². The molecule has 3 rings (SSSR count). The predicted molar refractivity (Wildman–Crippen MR) is 148 cm³/mol. The highest BCUT2D eigenvalue weighted by Gasteiger charge is 2.51. The number of nitrogens with zero attached hydrogens (tertiary/aromatic N) is 3. The Bertz CT molecular complexity index is 849. The van der Waals surface area contributed by atoms with Crippen LogP contribution in [0.2, 0.25) is 0 Å². The van der Waals surface area contributed by atoms with Crippen LogP contribution in [0.25, 0.3) is 0 Å². The first-order chi connectivity index (χ1) is 18.1. The minimum absolute atomic E-state index is 0.0744. The van der Waals surface area contributed by atoms with E-state index in [-0.39, 0.29) is 30.6 Å². The van der Waals surface area contributed by atoms with Crippen LogP contribution in [0.1, 0.15) is 53.9 Å². The van der Waals surface area contributed by atoms with E-state index in [1.807, 2.05) is 32.8 Å². The average molecular weight is 556 g/mol. The maximum atomic E-state index is 14.0. The Morgan fingerprint density at radius 3 is 2.31 bits per heavy atom. The van der Waals surface area contributed by atoms with Crippen LogP contribution in [0.3, 0.4) is 0 Å². The molecule has 8 atom stereocenters. The number of cyclic esters (lactones) is 1. The molecule has 10 heteroatoms. The number of likely N-dealkylation sites (N-methyl/N-ethyl adjacent to an activating group) is 2. The van der Waals surface area contributed by atoms with Gasteiger partial charge in [-0.25, -0.2) is 0 Å². The van der Waals surface area contributed by atoms with Crippen LogP contribution in [0.15, 0.2) is 0 Å². The number of Topliss-reactive ketones (excluding diaryl/α,β-unsaturated/α-hetero) is 1. The lowest BCUT2D eigenvalue weighted by Gasteiger charge is -2.46. The second kappa shape index (κ2) is 12.8. The van der Waals surface area contributed by atoms with E-state index in [1.165, 1.54) is 0 Å². The SMILES string of the molecule is CO[C@]1(C)CCCN(C)[C@@H](C2CN(C)C2)COC(=O)C(C)(C)C(=O)[C@H](C)[C@H]1O[C@@H]1O[C@H](C)C[C@H](N(C)C)[C@H]1O. The van der Waals surface area contributed by atoms with Crippen molar-refractivity contribution in [3.8, 4) is 0 Å². The Morgan fingerprint density at radius 2 is 1.74 bits per heavy atom. The van der Waals surface area contributed by atoms with Gasteiger partial charge in [-0.05, 0) is 81.7 Å². The molecule has 0 aliphatic carbocycles. The quantitative estimate of drug-likeness (QED) is 0.398. The number of hydrogen-bond donors (Lipinski definition) is 1. The number of rotatable bonds is 5. The molecule has 3 aliphatic heterocycles. The zero-order valence-electron chi connectivity index (χ0n) is 25.8. The number of ketones is 1. The summed E-state index contributed by atoms with van der Waals surface area (Å²) in [6.07, 6.45) is -0.669. The maximum Gasteiger partial charge on any atom is 0.319 e. The molecule has 1 N–H and O–H groups in total. The summed E-state index contributed by atoms with van der Waals surface area (Å²) in [6.45, 7) is 11.9. The molecule has 0 amide bonds. The number of carbonyl (C=O) groups excluding carboxylic acids is 2. The third-order valence-corrected chi connectivity index (χ3v) is 9.39. The van der Waals surface area contributed by atoms with Crippen molar-refractivity contribution in [2.24, 2.45) is 17.3 Å². The van der Waals surface area contributed by atoms with Crippen LogP contribution in [-0.4, -0.2) is 135 Å². The Kier molecular flexibility index (Phi) is 10.6. The fourth-order valence-electron chi connectivity index (χ4n) is 6.56. The summed E-state index contributed by atoms with van der Waals surface area (Å²) >= 11 is 0. The lowest BCUT2D eigenvalue weighted by Crippen LogP contribution is -2.59. The molecule has 0 aromatic carbocycles. The standard InChI is InChI=1S/C29H53N3O7/c1-18-14-21(30(6)7)23(33)26(38-18)39-25-19(2)24(34)28(3,4)27(35)37-17-22(20-15-31(8)16-20)32(9)13-11-12-29(25,5)36-10/h18-23,25-26,33H,11-17H2,1-10H3/t18-,19+,21+,22-,23-,25-,26+,29-/m1/s1. The Labute approximate surface area is 235 Å². The molecular weight excluding hydrogens is 502 g/mol. The largest absolute Gasteiger partial charge is 0.463 e. The van der Waals surface area contributed by atoms with Gasteiger partial charge in [0.25, 0.3) is 0 Å². The number of hydrogen-bond acceptors (Lipinski definition) is 10. The molecule has 0 saturated carbocycles. The predicted octanol–water partition coefficient (Wildman–Crippen LogP) is 1.63. The molecule has 10 nitrogen and oxygen atoms in total. The first-order valence-corrected chi connectivity index (χ1v) is 14.4. The van der Waals surface area contributed by atoms with Gasteiger partial charge in [0.1, 0.15) is 18.1 Å². The van der Waals surface area contributed by atoms with Gasteiger partial charge in [-0.15, -0.1) is 0 Å². The van der Waals surface area contributed by atoms with E-state index in [0.717, 1.165) is 26.1 Å². The van der Waals surface area contributed by atoms with Gasteiger partial charge in [0, 0.05) is 44.1 Å². The molecule has 0 radical (unpaired) electrons. The van der Waals surface area contributed by atoms with Crippen molar-refractivity contribution in [2.75, 3.05) is 61.5 Å². The fourth-order valence-corrected chi connectivity index (χ4v) is 6.56. The van der Waals surface area contributed by atoms with Crippen molar-refractivity contribution in [2.45, 2.75) is 96.2 Å². The number of aliphatic hydroxyl groups is 1. The Morgan fingerprint density at radius 1 is 1.10 bits per heavy atom. The fraction of sp³-hybridized carbons (Fsp3) is 0.931. The number of methoxy groups -OCH3 is 1. The first kappa shape index (κ1) is 32.4. The zero-order chi connectivity index (χ0) is 29.3. The van der Waals surface area contributed by atoms with Gasteiger partial charge in [-0.1, -0.05) is 6.92 Å². The zero-order valence-corrected chi connectivity index (χ0v) is 25.8. The summed E-state index contributed by atoms with van der Waals surface area (Å²) in [5.41, 5.74) is -2.25. The highest BCUT2D eigenvalue weighted by Crippen LogP contribution is 2.37. The van der Waals surface area contributed by atoms with Crippen LogP contribution < -0.4 is 0 Å². The van der Waals surface area contributed by atoms with Crippen molar-refractivity contribution in [3.63, 3.8) is 0 Å². The van der Waals surface area contributed by atoms with E-state index < -0.39 is 41.4 Å². The van der Waals surface area contributed by atoms with Gasteiger partial charge in [0.15, 0.2) is 12.1 Å². The molecule has 0 aromatic rings. The second-order valence-electron chi connectivity index (χ2n) is 13.2. The molecular formula is C29H53N3O7. The van der Waals surface area contributed by atoms with Gasteiger partial charge in [-0.3, -0.25) is 14.5 Å². The minimum atomic E-state index is -1.38. The number of aliphatic hydroxyl groups excluding tert-OH is 1. The maximum absolute atomic E-state index is 14.0. The Balaban J connectivity index is 1.94. The van der Waals surface area contributed by atoms with E-state index in [2.05, 4.69) is 23.9 Å². The van der Waals surface area contributed by atoms with Gasteiger partial charge < -0.3 is 33.9 Å². The van der Waals surface area contributed by atoms with Crippen LogP contribution >= 0.6 is 0 Å². The van der Waals surface area contributed by atoms with E-state index in [0.29, 0.717) is 18.8 Å². The second-order valence-corrected chi connectivity index (χ2v) is 13.2. The summed E-state index contributed by atoms with van der Waals surface area (Å²) in [7, 11) is 9.64. The summed E-state index contributed by atoms with van der Waals surface area (Å²) in [4.78, 5) is 33.8. The molecule has 3 saturated heterocycles. The highest BCUT2D eigenvalue weighted by atomic mass is 16.7. The highest BCUT2D eigenvalue weighted by molar-refractivity contribution is 6.04. The van der Waals surface area contributed by atoms with Gasteiger partial charge in [0.2, 0.25) is 0 Å². The molecule has 0 bridgehead atoms. The molecule has 0 spiro atoms. The van der Waals surface area contributed by atoms with E-state index in [9.17, 15) is 14.7 Å². The van der Waals surface area contributed by atoms with E-state index in [4.69, 9.17) is 18.9 Å². The van der Waals surface area contributed by atoms with Crippen molar-refractivity contribution < 1.29 is 33.6 Å². The third-order valence-electron chi connectivity index (χ3n) is 9.39. The third kappa shape index (κ3) is 7.02. The Hall–Kier alpha value is -1.14. The van der Waals surface area contributed by atoms with Gasteiger partial charge in [0.05, 0.1) is 17.8 Å².